The largest absolute Gasteiger partial charge is 0.469 e. The Morgan fingerprint density at radius 1 is 1.07 bits per heavy atom. The molecule has 0 aliphatic rings. The van der Waals surface area contributed by atoms with Gasteiger partial charge in [0, 0.05) is 16.1 Å². The topological polar surface area (TPSA) is 102 Å². The maximum absolute atomic E-state index is 12.7. The van der Waals surface area contributed by atoms with Crippen LogP contribution in [0, 0.1) is 0 Å². The summed E-state index contributed by atoms with van der Waals surface area (Å²) in [5.74, 6) is -0.870. The van der Waals surface area contributed by atoms with Gasteiger partial charge in [0.1, 0.15) is 4.21 Å². The van der Waals surface area contributed by atoms with E-state index in [-0.39, 0.29) is 21.9 Å². The highest BCUT2D eigenvalue weighted by Crippen LogP contribution is 2.24. The van der Waals surface area contributed by atoms with Crippen LogP contribution < -0.4 is 10.0 Å². The first kappa shape index (κ1) is 21.0. The Bertz CT molecular complexity index is 1080. The predicted molar refractivity (Wildman–Crippen MR) is 113 cm³/mol. The second kappa shape index (κ2) is 9.21. The van der Waals surface area contributed by atoms with Crippen LogP contribution in [0.2, 0.25) is 0 Å². The fourth-order valence-corrected chi connectivity index (χ4v) is 5.37. The van der Waals surface area contributed by atoms with Crippen molar-refractivity contribution in [2.45, 2.75) is 16.7 Å². The smallest absolute Gasteiger partial charge is 0.307 e. The number of ether oxygens (including phenoxy) is 1. The van der Waals surface area contributed by atoms with Crippen molar-refractivity contribution in [3.05, 3.63) is 69.7 Å². The zero-order valence-electron chi connectivity index (χ0n) is 15.3. The summed E-state index contributed by atoms with van der Waals surface area (Å²) in [6, 6.07) is 12.4. The average Bonchev–Trinajstić information content (AvgIpc) is 3.41. The summed E-state index contributed by atoms with van der Waals surface area (Å²) in [7, 11) is -2.42. The SMILES string of the molecule is COC(=O)CC(NC(=O)c1cccc(NS(=O)(=O)c2cccs2)c1)c1cccs1. The minimum atomic E-state index is -3.71. The summed E-state index contributed by atoms with van der Waals surface area (Å²) >= 11 is 2.52. The van der Waals surface area contributed by atoms with Gasteiger partial charge in [-0.15, -0.1) is 22.7 Å². The number of benzene rings is 1. The second-order valence-corrected chi connectivity index (χ2v) is 9.78. The molecule has 10 heteroatoms. The molecule has 1 unspecified atom stereocenters. The van der Waals surface area contributed by atoms with Crippen molar-refractivity contribution < 1.29 is 22.7 Å². The summed E-state index contributed by atoms with van der Waals surface area (Å²) < 4.78 is 32.1. The first-order valence-electron chi connectivity index (χ1n) is 8.46. The molecule has 2 N–H and O–H groups in total. The summed E-state index contributed by atoms with van der Waals surface area (Å²) in [5, 5.41) is 6.34. The third kappa shape index (κ3) is 5.43. The van der Waals surface area contributed by atoms with E-state index in [0.29, 0.717) is 0 Å². The van der Waals surface area contributed by atoms with Gasteiger partial charge in [-0.3, -0.25) is 14.3 Å². The van der Waals surface area contributed by atoms with Gasteiger partial charge in [0.25, 0.3) is 15.9 Å². The summed E-state index contributed by atoms with van der Waals surface area (Å²) in [4.78, 5) is 25.3. The number of thiophene rings is 2. The molecule has 3 aromatic rings. The van der Waals surface area contributed by atoms with Crippen LogP contribution in [-0.4, -0.2) is 27.4 Å². The van der Waals surface area contributed by atoms with E-state index in [4.69, 9.17) is 4.74 Å². The molecule has 29 heavy (non-hydrogen) atoms. The van der Waals surface area contributed by atoms with Gasteiger partial charge in [0.05, 0.1) is 19.6 Å². The van der Waals surface area contributed by atoms with Crippen molar-refractivity contribution in [1.82, 2.24) is 5.32 Å². The number of amides is 1. The molecule has 0 saturated heterocycles. The minimum absolute atomic E-state index is 0.00650. The maximum Gasteiger partial charge on any atom is 0.307 e. The number of nitrogens with one attached hydrogen (secondary N) is 2. The lowest BCUT2D eigenvalue weighted by Gasteiger charge is -2.17. The van der Waals surface area contributed by atoms with Gasteiger partial charge in [-0.1, -0.05) is 18.2 Å². The van der Waals surface area contributed by atoms with Gasteiger partial charge < -0.3 is 10.1 Å². The molecule has 0 aliphatic carbocycles. The van der Waals surface area contributed by atoms with Crippen molar-refractivity contribution in [2.75, 3.05) is 11.8 Å². The molecule has 1 atom stereocenters. The van der Waals surface area contributed by atoms with Crippen LogP contribution in [0.5, 0.6) is 0 Å². The standard InChI is InChI=1S/C19H18N2O5S3/c1-26-17(22)12-15(16-7-3-9-27-16)20-19(23)13-5-2-6-14(11-13)21-29(24,25)18-8-4-10-28-18/h2-11,15,21H,12H2,1H3,(H,20,23). The van der Waals surface area contributed by atoms with Crippen LogP contribution in [-0.2, 0) is 19.6 Å². The zero-order valence-corrected chi connectivity index (χ0v) is 17.8. The lowest BCUT2D eigenvalue weighted by Crippen LogP contribution is -2.30. The molecule has 0 fully saturated rings. The molecule has 0 saturated carbocycles. The molecule has 7 nitrogen and oxygen atoms in total. The monoisotopic (exact) mass is 450 g/mol. The Balaban J connectivity index is 1.77. The Hall–Kier alpha value is -2.69. The summed E-state index contributed by atoms with van der Waals surface area (Å²) in [6.07, 6.45) is -0.00650. The first-order valence-corrected chi connectivity index (χ1v) is 11.7. The fourth-order valence-electron chi connectivity index (χ4n) is 2.55. The van der Waals surface area contributed by atoms with Crippen LogP contribution in [0.3, 0.4) is 0 Å². The third-order valence-electron chi connectivity index (χ3n) is 3.93. The number of carbonyl (C=O) groups is 2. The van der Waals surface area contributed by atoms with Crippen molar-refractivity contribution in [3.63, 3.8) is 0 Å². The summed E-state index contributed by atoms with van der Waals surface area (Å²) in [6.45, 7) is 0. The molecule has 2 heterocycles. The van der Waals surface area contributed by atoms with E-state index >= 15 is 0 Å². The van der Waals surface area contributed by atoms with E-state index in [1.165, 1.54) is 30.6 Å². The number of rotatable bonds is 8. The van der Waals surface area contributed by atoms with Gasteiger partial charge in [-0.25, -0.2) is 8.42 Å². The van der Waals surface area contributed by atoms with E-state index in [0.717, 1.165) is 16.2 Å². The number of hydrogen-bond acceptors (Lipinski definition) is 7. The zero-order chi connectivity index (χ0) is 20.9. The van der Waals surface area contributed by atoms with Crippen LogP contribution in [0.25, 0.3) is 0 Å². The van der Waals surface area contributed by atoms with Gasteiger partial charge in [0.15, 0.2) is 0 Å². The highest BCUT2D eigenvalue weighted by Gasteiger charge is 2.21. The molecule has 0 radical (unpaired) electrons. The number of esters is 1. The third-order valence-corrected chi connectivity index (χ3v) is 7.69. The number of hydrogen-bond donors (Lipinski definition) is 2. The van der Waals surface area contributed by atoms with E-state index in [1.807, 2.05) is 17.5 Å². The van der Waals surface area contributed by atoms with Crippen molar-refractivity contribution in [2.24, 2.45) is 0 Å². The van der Waals surface area contributed by atoms with Crippen molar-refractivity contribution >= 4 is 50.3 Å². The maximum atomic E-state index is 12.7. The van der Waals surface area contributed by atoms with Gasteiger partial charge in [-0.2, -0.15) is 0 Å². The summed E-state index contributed by atoms with van der Waals surface area (Å²) in [5.41, 5.74) is 0.537. The van der Waals surface area contributed by atoms with Crippen LogP contribution in [0.15, 0.2) is 63.5 Å². The highest BCUT2D eigenvalue weighted by atomic mass is 32.2. The van der Waals surface area contributed by atoms with E-state index in [9.17, 15) is 18.0 Å². The Morgan fingerprint density at radius 3 is 2.48 bits per heavy atom. The van der Waals surface area contributed by atoms with E-state index in [2.05, 4.69) is 10.0 Å². The molecule has 2 aromatic heterocycles. The number of methoxy groups -OCH3 is 1. The van der Waals surface area contributed by atoms with Crippen molar-refractivity contribution in [3.8, 4) is 0 Å². The molecule has 1 aromatic carbocycles. The average molecular weight is 451 g/mol. The molecule has 1 amide bonds. The Morgan fingerprint density at radius 2 is 1.83 bits per heavy atom. The minimum Gasteiger partial charge on any atom is -0.469 e. The quantitative estimate of drug-likeness (QED) is 0.510. The van der Waals surface area contributed by atoms with Crippen LogP contribution >= 0.6 is 22.7 Å². The molecule has 0 aliphatic heterocycles. The molecule has 152 valence electrons. The number of carbonyl (C=O) groups excluding carboxylic acids is 2. The normalized spacial score (nSPS) is 12.2. The van der Waals surface area contributed by atoms with Crippen molar-refractivity contribution in [1.29, 1.82) is 0 Å². The predicted octanol–water partition coefficient (Wildman–Crippen LogP) is 3.64. The molecular formula is C19H18N2O5S3. The van der Waals surface area contributed by atoms with Gasteiger partial charge in [-0.05, 0) is 41.1 Å². The highest BCUT2D eigenvalue weighted by molar-refractivity contribution is 7.94. The van der Waals surface area contributed by atoms with Gasteiger partial charge in [0.2, 0.25) is 0 Å². The number of anilines is 1. The molecule has 0 spiro atoms. The lowest BCUT2D eigenvalue weighted by atomic mass is 10.1. The fraction of sp³-hybridized carbons (Fsp3) is 0.158. The van der Waals surface area contributed by atoms with E-state index < -0.39 is 27.9 Å². The van der Waals surface area contributed by atoms with Crippen LogP contribution in [0.1, 0.15) is 27.7 Å². The van der Waals surface area contributed by atoms with Crippen LogP contribution in [0.4, 0.5) is 5.69 Å². The Labute approximate surface area is 176 Å². The second-order valence-electron chi connectivity index (χ2n) is 5.94. The first-order chi connectivity index (χ1) is 13.9. The van der Waals surface area contributed by atoms with E-state index in [1.54, 1.807) is 29.6 Å². The Kier molecular flexibility index (Phi) is 6.68. The molecule has 0 bridgehead atoms. The van der Waals surface area contributed by atoms with Gasteiger partial charge >= 0.3 is 5.97 Å². The molecule has 3 rings (SSSR count). The lowest BCUT2D eigenvalue weighted by molar-refractivity contribution is -0.141. The molecular weight excluding hydrogens is 432 g/mol. The number of sulfonamides is 1.